The summed E-state index contributed by atoms with van der Waals surface area (Å²) in [4.78, 5) is 13.5. The summed E-state index contributed by atoms with van der Waals surface area (Å²) in [5.41, 5.74) is 4.78. The Kier molecular flexibility index (Phi) is 5.31. The van der Waals surface area contributed by atoms with Crippen molar-refractivity contribution in [2.24, 2.45) is 0 Å². The number of carbonyl (C=O) groups is 1. The van der Waals surface area contributed by atoms with Crippen LogP contribution in [0.3, 0.4) is 0 Å². The van der Waals surface area contributed by atoms with Crippen LogP contribution >= 0.6 is 11.3 Å². The van der Waals surface area contributed by atoms with Gasteiger partial charge in [0.2, 0.25) is 5.91 Å². The highest BCUT2D eigenvalue weighted by Gasteiger charge is 2.17. The topological polar surface area (TPSA) is 69.8 Å². The van der Waals surface area contributed by atoms with E-state index in [1.807, 2.05) is 19.9 Å². The molecule has 0 aliphatic rings. The van der Waals surface area contributed by atoms with Gasteiger partial charge in [0.25, 0.3) is 0 Å². The lowest BCUT2D eigenvalue weighted by Gasteiger charge is -2.18. The number of nitrogens with zero attached hydrogens (tertiary/aromatic N) is 1. The second-order valence-corrected chi connectivity index (χ2v) is 7.08. The molecule has 1 aromatic carbocycles. The van der Waals surface area contributed by atoms with E-state index in [1.54, 1.807) is 11.3 Å². The highest BCUT2D eigenvalue weighted by Crippen LogP contribution is 2.26. The normalized spacial score (nSPS) is 12.1. The van der Waals surface area contributed by atoms with Crippen molar-refractivity contribution >= 4 is 22.9 Å². The van der Waals surface area contributed by atoms with Gasteiger partial charge in [-0.3, -0.25) is 15.2 Å². The summed E-state index contributed by atoms with van der Waals surface area (Å²) >= 11 is 1.68. The number of anilines is 1. The molecule has 2 aromatic heterocycles. The van der Waals surface area contributed by atoms with Crippen LogP contribution in [-0.2, 0) is 4.79 Å². The predicted molar refractivity (Wildman–Crippen MR) is 102 cm³/mol. The Hall–Kier alpha value is -2.44. The fourth-order valence-electron chi connectivity index (χ4n) is 2.71. The number of H-pyrrole nitrogens is 1. The van der Waals surface area contributed by atoms with Gasteiger partial charge in [0.05, 0.1) is 29.7 Å². The quantitative estimate of drug-likeness (QED) is 0.632. The summed E-state index contributed by atoms with van der Waals surface area (Å²) in [5.74, 6) is -0.0822. The molecule has 0 bridgehead atoms. The molecule has 3 aromatic rings. The Morgan fingerprint density at radius 2 is 1.96 bits per heavy atom. The number of hydrogen-bond donors (Lipinski definition) is 3. The maximum Gasteiger partial charge on any atom is 0.238 e. The van der Waals surface area contributed by atoms with Crippen LogP contribution in [-0.4, -0.2) is 22.6 Å². The van der Waals surface area contributed by atoms with Crippen molar-refractivity contribution in [3.63, 3.8) is 0 Å². The van der Waals surface area contributed by atoms with Gasteiger partial charge >= 0.3 is 0 Å². The van der Waals surface area contributed by atoms with Crippen LogP contribution in [0.15, 0.2) is 41.8 Å². The molecule has 5 nitrogen and oxygen atoms in total. The van der Waals surface area contributed by atoms with E-state index in [4.69, 9.17) is 0 Å². The molecule has 1 amide bonds. The number of nitrogens with one attached hydrogen (secondary N) is 3. The molecule has 130 valence electrons. The van der Waals surface area contributed by atoms with Gasteiger partial charge in [0.1, 0.15) is 0 Å². The van der Waals surface area contributed by atoms with Gasteiger partial charge in [-0.05, 0) is 37.8 Å². The van der Waals surface area contributed by atoms with Gasteiger partial charge in [-0.25, -0.2) is 0 Å². The van der Waals surface area contributed by atoms with Gasteiger partial charge in [0, 0.05) is 4.88 Å². The van der Waals surface area contributed by atoms with Gasteiger partial charge in [-0.2, -0.15) is 5.10 Å². The SMILES string of the molecule is Cc1ccc(C(NCC(=O)Nc2c(C)n[nH]c2C)c2cccs2)cc1. The maximum absolute atomic E-state index is 12.4. The zero-order valence-corrected chi connectivity index (χ0v) is 15.4. The van der Waals surface area contributed by atoms with Crippen LogP contribution in [0.25, 0.3) is 0 Å². The number of hydrogen-bond acceptors (Lipinski definition) is 4. The first-order valence-electron chi connectivity index (χ1n) is 8.19. The van der Waals surface area contributed by atoms with E-state index in [2.05, 4.69) is 63.5 Å². The predicted octanol–water partition coefficient (Wildman–Crippen LogP) is 3.71. The van der Waals surface area contributed by atoms with E-state index < -0.39 is 0 Å². The minimum Gasteiger partial charge on any atom is -0.322 e. The molecule has 0 saturated carbocycles. The Labute approximate surface area is 151 Å². The van der Waals surface area contributed by atoms with Crippen molar-refractivity contribution in [2.75, 3.05) is 11.9 Å². The first kappa shape index (κ1) is 17.4. The third-order valence-corrected chi connectivity index (χ3v) is 5.03. The van der Waals surface area contributed by atoms with Crippen LogP contribution < -0.4 is 10.6 Å². The molecule has 0 spiro atoms. The van der Waals surface area contributed by atoms with Crippen molar-refractivity contribution in [3.8, 4) is 0 Å². The molecule has 0 saturated heterocycles. The zero-order valence-electron chi connectivity index (χ0n) is 14.6. The van der Waals surface area contributed by atoms with Crippen molar-refractivity contribution < 1.29 is 4.79 Å². The number of aromatic nitrogens is 2. The second kappa shape index (κ2) is 7.63. The van der Waals surface area contributed by atoms with Gasteiger partial charge in [-0.1, -0.05) is 35.9 Å². The molecule has 0 fully saturated rings. The number of amides is 1. The van der Waals surface area contributed by atoms with Crippen LogP contribution in [0, 0.1) is 20.8 Å². The zero-order chi connectivity index (χ0) is 17.8. The number of aromatic amines is 1. The lowest BCUT2D eigenvalue weighted by Crippen LogP contribution is -2.31. The lowest BCUT2D eigenvalue weighted by atomic mass is 10.0. The van der Waals surface area contributed by atoms with Crippen LogP contribution in [0.5, 0.6) is 0 Å². The molecule has 2 heterocycles. The molecule has 0 radical (unpaired) electrons. The minimum absolute atomic E-state index is 0.00195. The summed E-state index contributed by atoms with van der Waals surface area (Å²) in [6.45, 7) is 6.05. The van der Waals surface area contributed by atoms with Crippen LogP contribution in [0.2, 0.25) is 0 Å². The van der Waals surface area contributed by atoms with Gasteiger partial charge < -0.3 is 5.32 Å². The molecule has 6 heteroatoms. The molecule has 1 unspecified atom stereocenters. The largest absolute Gasteiger partial charge is 0.322 e. The lowest BCUT2D eigenvalue weighted by molar-refractivity contribution is -0.115. The number of thiophene rings is 1. The molecule has 0 aliphatic heterocycles. The van der Waals surface area contributed by atoms with Gasteiger partial charge in [0.15, 0.2) is 0 Å². The van der Waals surface area contributed by atoms with E-state index in [-0.39, 0.29) is 18.5 Å². The van der Waals surface area contributed by atoms with Crippen molar-refractivity contribution in [3.05, 3.63) is 69.2 Å². The standard InChI is InChI=1S/C19H22N4OS/c1-12-6-8-15(9-7-12)19(16-5-4-10-25-16)20-11-17(24)21-18-13(2)22-23-14(18)3/h4-10,19-20H,11H2,1-3H3,(H,21,24)(H,22,23). The molecule has 25 heavy (non-hydrogen) atoms. The highest BCUT2D eigenvalue weighted by molar-refractivity contribution is 7.10. The number of benzene rings is 1. The molecule has 3 rings (SSSR count). The maximum atomic E-state index is 12.4. The molecular formula is C19H22N4OS. The van der Waals surface area contributed by atoms with E-state index >= 15 is 0 Å². The molecule has 1 atom stereocenters. The molecule has 0 aliphatic carbocycles. The third kappa shape index (κ3) is 4.15. The van der Waals surface area contributed by atoms with Crippen molar-refractivity contribution in [1.82, 2.24) is 15.5 Å². The van der Waals surface area contributed by atoms with Crippen LogP contribution in [0.1, 0.15) is 33.4 Å². The highest BCUT2D eigenvalue weighted by atomic mass is 32.1. The van der Waals surface area contributed by atoms with Crippen molar-refractivity contribution in [1.29, 1.82) is 0 Å². The minimum atomic E-state index is -0.0822. The fraction of sp³-hybridized carbons (Fsp3) is 0.263. The van der Waals surface area contributed by atoms with Crippen molar-refractivity contribution in [2.45, 2.75) is 26.8 Å². The Morgan fingerprint density at radius 1 is 1.20 bits per heavy atom. The Balaban J connectivity index is 1.71. The first-order chi connectivity index (χ1) is 12.0. The Morgan fingerprint density at radius 3 is 2.56 bits per heavy atom. The summed E-state index contributed by atoms with van der Waals surface area (Å²) in [7, 11) is 0. The van der Waals surface area contributed by atoms with E-state index in [1.165, 1.54) is 10.4 Å². The summed E-state index contributed by atoms with van der Waals surface area (Å²) in [6.07, 6.45) is 0. The molecular weight excluding hydrogens is 332 g/mol. The number of rotatable bonds is 6. The van der Waals surface area contributed by atoms with E-state index in [9.17, 15) is 4.79 Å². The number of aryl methyl sites for hydroxylation is 3. The third-order valence-electron chi connectivity index (χ3n) is 4.10. The second-order valence-electron chi connectivity index (χ2n) is 6.10. The van der Waals surface area contributed by atoms with E-state index in [0.29, 0.717) is 0 Å². The average Bonchev–Trinajstić information content (AvgIpc) is 3.22. The van der Waals surface area contributed by atoms with Crippen LogP contribution in [0.4, 0.5) is 5.69 Å². The van der Waals surface area contributed by atoms with E-state index in [0.717, 1.165) is 22.6 Å². The summed E-state index contributed by atoms with van der Waals surface area (Å²) in [5, 5.41) is 15.3. The Bertz CT molecular complexity index is 817. The summed E-state index contributed by atoms with van der Waals surface area (Å²) < 4.78 is 0. The summed E-state index contributed by atoms with van der Waals surface area (Å²) in [6, 6.07) is 12.5. The number of carbonyl (C=O) groups excluding carboxylic acids is 1. The fourth-order valence-corrected chi connectivity index (χ4v) is 3.54. The molecule has 3 N–H and O–H groups in total. The first-order valence-corrected chi connectivity index (χ1v) is 9.07. The average molecular weight is 354 g/mol. The van der Waals surface area contributed by atoms with Gasteiger partial charge in [-0.15, -0.1) is 11.3 Å². The smallest absolute Gasteiger partial charge is 0.238 e. The monoisotopic (exact) mass is 354 g/mol.